The molecule has 0 fully saturated rings. The number of benzene rings is 2. The van der Waals surface area contributed by atoms with E-state index in [-0.39, 0.29) is 6.42 Å². The second kappa shape index (κ2) is 11.1. The SMILES string of the molecule is CCCC(NS(=O)(=O)c1ccc([N+](=O)[O-])cc1[N+](=O)[O-])C(=O)N1CCc2cc(OC)cc(OC)c2C1C. The molecular formula is C23H28N4O9S. The Hall–Kier alpha value is -3.78. The van der Waals surface area contributed by atoms with Crippen molar-refractivity contribution < 1.29 is 32.5 Å². The molecule has 3 rings (SSSR count). The van der Waals surface area contributed by atoms with Gasteiger partial charge in [-0.05, 0) is 37.5 Å². The number of nitro groups is 2. The summed E-state index contributed by atoms with van der Waals surface area (Å²) in [4.78, 5) is 35.0. The van der Waals surface area contributed by atoms with E-state index in [0.29, 0.717) is 37.0 Å². The molecule has 0 spiro atoms. The number of methoxy groups -OCH3 is 2. The number of hydrogen-bond acceptors (Lipinski definition) is 9. The van der Waals surface area contributed by atoms with E-state index in [1.165, 1.54) is 7.11 Å². The topological polar surface area (TPSA) is 171 Å². The smallest absolute Gasteiger partial charge is 0.296 e. The van der Waals surface area contributed by atoms with Crippen LogP contribution in [-0.4, -0.2) is 55.9 Å². The number of carbonyl (C=O) groups is 1. The number of nitrogens with one attached hydrogen (secondary N) is 1. The van der Waals surface area contributed by atoms with Crippen LogP contribution in [0.4, 0.5) is 11.4 Å². The summed E-state index contributed by atoms with van der Waals surface area (Å²) in [6, 6.07) is 4.16. The van der Waals surface area contributed by atoms with E-state index in [1.807, 2.05) is 13.0 Å². The first-order valence-corrected chi connectivity index (χ1v) is 12.9. The lowest BCUT2D eigenvalue weighted by atomic mass is 9.91. The fourth-order valence-corrected chi connectivity index (χ4v) is 5.85. The molecule has 0 bridgehead atoms. The van der Waals surface area contributed by atoms with Gasteiger partial charge in [0.1, 0.15) is 17.5 Å². The first-order valence-electron chi connectivity index (χ1n) is 11.5. The number of fused-ring (bicyclic) bond motifs is 1. The summed E-state index contributed by atoms with van der Waals surface area (Å²) in [6.45, 7) is 3.89. The Labute approximate surface area is 213 Å². The summed E-state index contributed by atoms with van der Waals surface area (Å²) in [5.74, 6) is 0.656. The van der Waals surface area contributed by atoms with Crippen LogP contribution in [0.25, 0.3) is 0 Å². The highest BCUT2D eigenvalue weighted by Crippen LogP contribution is 2.39. The molecule has 2 atom stereocenters. The Bertz CT molecular complexity index is 1310. The van der Waals surface area contributed by atoms with E-state index in [9.17, 15) is 33.4 Å². The first-order chi connectivity index (χ1) is 17.4. The first kappa shape index (κ1) is 27.8. The Balaban J connectivity index is 1.95. The maximum atomic E-state index is 13.6. The van der Waals surface area contributed by atoms with E-state index >= 15 is 0 Å². The molecule has 37 heavy (non-hydrogen) atoms. The van der Waals surface area contributed by atoms with Crippen molar-refractivity contribution in [2.45, 2.75) is 50.1 Å². The van der Waals surface area contributed by atoms with Crippen molar-refractivity contribution in [3.8, 4) is 11.5 Å². The maximum Gasteiger partial charge on any atom is 0.296 e. The maximum absolute atomic E-state index is 13.6. The quantitative estimate of drug-likeness (QED) is 0.354. The molecule has 0 saturated heterocycles. The number of nitrogens with zero attached hydrogens (tertiary/aromatic N) is 3. The van der Waals surface area contributed by atoms with Gasteiger partial charge >= 0.3 is 0 Å². The van der Waals surface area contributed by atoms with Crippen molar-refractivity contribution in [1.82, 2.24) is 9.62 Å². The lowest BCUT2D eigenvalue weighted by molar-refractivity contribution is -0.396. The molecule has 1 aliphatic rings. The Morgan fingerprint density at radius 1 is 1.16 bits per heavy atom. The number of hydrogen-bond donors (Lipinski definition) is 1. The number of rotatable bonds is 10. The zero-order chi connectivity index (χ0) is 27.5. The highest BCUT2D eigenvalue weighted by Gasteiger charge is 2.37. The van der Waals surface area contributed by atoms with Gasteiger partial charge in [-0.25, -0.2) is 8.42 Å². The van der Waals surface area contributed by atoms with Gasteiger partial charge in [-0.1, -0.05) is 13.3 Å². The minimum atomic E-state index is -4.59. The zero-order valence-electron chi connectivity index (χ0n) is 20.8. The van der Waals surface area contributed by atoms with Crippen LogP contribution in [0.5, 0.6) is 11.5 Å². The van der Waals surface area contributed by atoms with Gasteiger partial charge in [-0.3, -0.25) is 25.0 Å². The molecular weight excluding hydrogens is 508 g/mol. The van der Waals surface area contributed by atoms with Crippen molar-refractivity contribution in [3.05, 3.63) is 61.7 Å². The summed E-state index contributed by atoms with van der Waals surface area (Å²) in [5.41, 5.74) is 0.149. The normalized spacial score (nSPS) is 16.0. The van der Waals surface area contributed by atoms with Crippen molar-refractivity contribution in [1.29, 1.82) is 0 Å². The van der Waals surface area contributed by atoms with Crippen LogP contribution < -0.4 is 14.2 Å². The van der Waals surface area contributed by atoms with Gasteiger partial charge in [0.05, 0.1) is 36.2 Å². The lowest BCUT2D eigenvalue weighted by Gasteiger charge is -2.38. The van der Waals surface area contributed by atoms with Crippen molar-refractivity contribution in [2.75, 3.05) is 20.8 Å². The molecule has 200 valence electrons. The summed E-state index contributed by atoms with van der Waals surface area (Å²) < 4.78 is 39.5. The zero-order valence-corrected chi connectivity index (χ0v) is 21.6. The minimum Gasteiger partial charge on any atom is -0.497 e. The third kappa shape index (κ3) is 5.64. The summed E-state index contributed by atoms with van der Waals surface area (Å²) in [6.07, 6.45) is 1.06. The standard InChI is InChI=1S/C23H28N4O9S/c1-5-6-18(24-37(33,34)21-8-7-16(26(29)30)12-19(21)27(31)32)23(28)25-10-9-15-11-17(35-3)13-20(36-4)22(15)14(25)2/h7-8,11-14,18,24H,5-6,9-10H2,1-4H3. The Morgan fingerprint density at radius 2 is 1.86 bits per heavy atom. The number of nitro benzene ring substituents is 2. The number of amides is 1. The molecule has 2 unspecified atom stereocenters. The van der Waals surface area contributed by atoms with E-state index in [2.05, 4.69) is 4.72 Å². The summed E-state index contributed by atoms with van der Waals surface area (Å²) in [7, 11) is -1.54. The van der Waals surface area contributed by atoms with Crippen LogP contribution in [0, 0.1) is 20.2 Å². The molecule has 1 N–H and O–H groups in total. The van der Waals surface area contributed by atoms with Crippen molar-refractivity contribution in [3.63, 3.8) is 0 Å². The van der Waals surface area contributed by atoms with Crippen LogP contribution >= 0.6 is 0 Å². The molecule has 0 aliphatic carbocycles. The molecule has 13 nitrogen and oxygen atoms in total. The van der Waals surface area contributed by atoms with Gasteiger partial charge in [0.2, 0.25) is 15.9 Å². The van der Waals surface area contributed by atoms with E-state index in [1.54, 1.807) is 25.0 Å². The van der Waals surface area contributed by atoms with Crippen molar-refractivity contribution >= 4 is 27.3 Å². The molecule has 0 radical (unpaired) electrons. The Morgan fingerprint density at radius 3 is 2.43 bits per heavy atom. The van der Waals surface area contributed by atoms with Crippen LogP contribution in [0.15, 0.2) is 35.2 Å². The molecule has 1 heterocycles. The molecule has 14 heteroatoms. The third-order valence-corrected chi connectivity index (χ3v) is 7.78. The van der Waals surface area contributed by atoms with Gasteiger partial charge < -0.3 is 14.4 Å². The molecule has 1 amide bonds. The van der Waals surface area contributed by atoms with Crippen LogP contribution in [0.1, 0.15) is 43.9 Å². The van der Waals surface area contributed by atoms with Gasteiger partial charge in [0.25, 0.3) is 11.4 Å². The third-order valence-electron chi connectivity index (χ3n) is 6.26. The van der Waals surface area contributed by atoms with Gasteiger partial charge in [-0.15, -0.1) is 0 Å². The number of sulfonamides is 1. The van der Waals surface area contributed by atoms with Crippen LogP contribution in [0.2, 0.25) is 0 Å². The molecule has 0 saturated carbocycles. The fraction of sp³-hybridized carbons (Fsp3) is 0.435. The minimum absolute atomic E-state index is 0.134. The Kier molecular flexibility index (Phi) is 8.33. The monoisotopic (exact) mass is 536 g/mol. The molecule has 1 aliphatic heterocycles. The van der Waals surface area contributed by atoms with E-state index in [4.69, 9.17) is 9.47 Å². The number of ether oxygens (including phenoxy) is 2. The summed E-state index contributed by atoms with van der Waals surface area (Å²) >= 11 is 0. The van der Waals surface area contributed by atoms with E-state index in [0.717, 1.165) is 23.3 Å². The van der Waals surface area contributed by atoms with E-state index < -0.39 is 54.1 Å². The molecule has 2 aromatic carbocycles. The number of non-ortho nitro benzene ring substituents is 1. The molecule has 2 aromatic rings. The summed E-state index contributed by atoms with van der Waals surface area (Å²) in [5, 5.41) is 22.5. The highest BCUT2D eigenvalue weighted by molar-refractivity contribution is 7.89. The largest absolute Gasteiger partial charge is 0.497 e. The number of carbonyl (C=O) groups excluding carboxylic acids is 1. The average Bonchev–Trinajstić information content (AvgIpc) is 2.86. The average molecular weight is 537 g/mol. The fourth-order valence-electron chi connectivity index (χ4n) is 4.48. The second-order valence-corrected chi connectivity index (χ2v) is 10.2. The lowest BCUT2D eigenvalue weighted by Crippen LogP contribution is -2.51. The highest BCUT2D eigenvalue weighted by atomic mass is 32.2. The second-order valence-electron chi connectivity index (χ2n) is 8.49. The van der Waals surface area contributed by atoms with Crippen molar-refractivity contribution in [2.24, 2.45) is 0 Å². The molecule has 0 aromatic heterocycles. The van der Waals surface area contributed by atoms with Gasteiger partial charge in [0, 0.05) is 24.2 Å². The van der Waals surface area contributed by atoms with Crippen LogP contribution in [0.3, 0.4) is 0 Å². The van der Waals surface area contributed by atoms with Gasteiger partial charge in [-0.2, -0.15) is 4.72 Å². The predicted octanol–water partition coefficient (Wildman–Crippen LogP) is 3.11. The van der Waals surface area contributed by atoms with Gasteiger partial charge in [0.15, 0.2) is 4.90 Å². The van der Waals surface area contributed by atoms with Crippen LogP contribution in [-0.2, 0) is 21.2 Å². The predicted molar refractivity (Wildman–Crippen MR) is 132 cm³/mol.